The van der Waals surface area contributed by atoms with Crippen LogP contribution in [-0.4, -0.2) is 33.3 Å². The zero-order chi connectivity index (χ0) is 12.3. The number of alkyl halides is 3. The van der Waals surface area contributed by atoms with Gasteiger partial charge in [0.25, 0.3) is 0 Å². The van der Waals surface area contributed by atoms with Crippen LogP contribution in [0.3, 0.4) is 0 Å². The minimum atomic E-state index is -4.42. The lowest BCUT2D eigenvalue weighted by Gasteiger charge is -2.13. The number of hydrogen-bond acceptors (Lipinski definition) is 4. The second-order valence-electron chi connectivity index (χ2n) is 3.50. The molecule has 0 radical (unpaired) electrons. The summed E-state index contributed by atoms with van der Waals surface area (Å²) in [5, 5.41) is 9.52. The molecule has 5 nitrogen and oxygen atoms in total. The first-order valence-electron chi connectivity index (χ1n) is 4.55. The highest BCUT2D eigenvalue weighted by Crippen LogP contribution is 2.20. The number of rotatable bonds is 4. The van der Waals surface area contributed by atoms with Gasteiger partial charge in [-0.3, -0.25) is 9.36 Å². The summed E-state index contributed by atoms with van der Waals surface area (Å²) in [5.74, 6) is -0.407. The topological polar surface area (TPSA) is 59.8 Å². The number of hydrogen-bond donors (Lipinski definition) is 1. The van der Waals surface area contributed by atoms with Crippen LogP contribution in [0, 0.1) is 0 Å². The van der Waals surface area contributed by atoms with Gasteiger partial charge in [-0.2, -0.15) is 13.2 Å². The molecule has 0 fully saturated rings. The standard InChI is InChI=1S/C8H11F3N4O/c1-5(2)12-7-14-13-6(3-16)15(7)4-8(9,10)11/h3,5H,4H2,1-2H3,(H,12,14). The van der Waals surface area contributed by atoms with E-state index in [1.807, 2.05) is 0 Å². The molecule has 1 rings (SSSR count). The molecule has 0 amide bonds. The van der Waals surface area contributed by atoms with E-state index >= 15 is 0 Å². The third-order valence-corrected chi connectivity index (χ3v) is 1.64. The summed E-state index contributed by atoms with van der Waals surface area (Å²) in [6, 6.07) is -0.101. The molecule has 8 heteroatoms. The first-order chi connectivity index (χ1) is 7.33. The highest BCUT2D eigenvalue weighted by Gasteiger charge is 2.31. The number of nitrogens with zero attached hydrogens (tertiary/aromatic N) is 3. The Bertz CT molecular complexity index is 372. The van der Waals surface area contributed by atoms with E-state index in [0.717, 1.165) is 0 Å². The van der Waals surface area contributed by atoms with Crippen LogP contribution in [0.1, 0.15) is 24.5 Å². The summed E-state index contributed by atoms with van der Waals surface area (Å²) in [6.07, 6.45) is -4.18. The third-order valence-electron chi connectivity index (χ3n) is 1.64. The summed E-state index contributed by atoms with van der Waals surface area (Å²) < 4.78 is 37.4. The molecule has 0 aliphatic heterocycles. The Morgan fingerprint density at radius 1 is 1.44 bits per heavy atom. The van der Waals surface area contributed by atoms with Crippen LogP contribution in [0.25, 0.3) is 0 Å². The van der Waals surface area contributed by atoms with Crippen molar-refractivity contribution in [3.8, 4) is 0 Å². The minimum Gasteiger partial charge on any atom is -0.352 e. The number of halogens is 3. The van der Waals surface area contributed by atoms with Crippen molar-refractivity contribution in [1.29, 1.82) is 0 Å². The predicted octanol–water partition coefficient (Wildman–Crippen LogP) is 1.47. The number of nitrogens with one attached hydrogen (secondary N) is 1. The maximum atomic E-state index is 12.2. The van der Waals surface area contributed by atoms with Gasteiger partial charge in [0, 0.05) is 6.04 Å². The molecule has 0 atom stereocenters. The van der Waals surface area contributed by atoms with Crippen LogP contribution in [0.15, 0.2) is 0 Å². The smallest absolute Gasteiger partial charge is 0.352 e. The van der Waals surface area contributed by atoms with Gasteiger partial charge >= 0.3 is 6.18 Å². The van der Waals surface area contributed by atoms with E-state index in [-0.39, 0.29) is 24.1 Å². The molecule has 16 heavy (non-hydrogen) atoms. The lowest BCUT2D eigenvalue weighted by molar-refractivity contribution is -0.140. The summed E-state index contributed by atoms with van der Waals surface area (Å²) in [7, 11) is 0. The second kappa shape index (κ2) is 4.50. The van der Waals surface area contributed by atoms with Crippen molar-refractivity contribution >= 4 is 12.2 Å². The predicted molar refractivity (Wildman–Crippen MR) is 50.2 cm³/mol. The molecule has 1 aromatic heterocycles. The van der Waals surface area contributed by atoms with Gasteiger partial charge in [0.2, 0.25) is 5.95 Å². The first kappa shape index (κ1) is 12.5. The molecule has 0 saturated carbocycles. The summed E-state index contributed by atoms with van der Waals surface area (Å²) >= 11 is 0. The summed E-state index contributed by atoms with van der Waals surface area (Å²) in [4.78, 5) is 10.5. The van der Waals surface area contributed by atoms with Gasteiger partial charge in [-0.15, -0.1) is 10.2 Å². The largest absolute Gasteiger partial charge is 0.406 e. The number of carbonyl (C=O) groups is 1. The molecule has 1 aromatic rings. The van der Waals surface area contributed by atoms with Crippen molar-refractivity contribution in [2.24, 2.45) is 0 Å². The molecule has 0 aliphatic carbocycles. The Morgan fingerprint density at radius 3 is 2.50 bits per heavy atom. The van der Waals surface area contributed by atoms with Crippen molar-refractivity contribution in [1.82, 2.24) is 14.8 Å². The summed E-state index contributed by atoms with van der Waals surface area (Å²) in [5.41, 5.74) is 0. The van der Waals surface area contributed by atoms with Crippen molar-refractivity contribution in [3.63, 3.8) is 0 Å². The Hall–Kier alpha value is -1.60. The Labute approximate surface area is 89.7 Å². The molecule has 0 saturated heterocycles. The molecule has 0 spiro atoms. The third kappa shape index (κ3) is 3.21. The van der Waals surface area contributed by atoms with Gasteiger partial charge in [-0.05, 0) is 13.8 Å². The highest BCUT2D eigenvalue weighted by atomic mass is 19.4. The summed E-state index contributed by atoms with van der Waals surface area (Å²) in [6.45, 7) is 2.20. The minimum absolute atomic E-state index is 0.0607. The van der Waals surface area contributed by atoms with Crippen LogP contribution in [0.2, 0.25) is 0 Å². The SMILES string of the molecule is CC(C)Nc1nnc(C=O)n1CC(F)(F)F. The van der Waals surface area contributed by atoms with Crippen molar-refractivity contribution in [3.05, 3.63) is 5.82 Å². The van der Waals surface area contributed by atoms with E-state index in [0.29, 0.717) is 4.57 Å². The highest BCUT2D eigenvalue weighted by molar-refractivity contribution is 5.70. The van der Waals surface area contributed by atoms with Crippen LogP contribution in [-0.2, 0) is 6.54 Å². The fraction of sp³-hybridized carbons (Fsp3) is 0.625. The molecule has 1 N–H and O–H groups in total. The fourth-order valence-electron chi connectivity index (χ4n) is 1.10. The first-order valence-corrected chi connectivity index (χ1v) is 4.55. The average Bonchev–Trinajstić information content (AvgIpc) is 2.45. The van der Waals surface area contributed by atoms with Crippen LogP contribution in [0.5, 0.6) is 0 Å². The molecule has 0 bridgehead atoms. The van der Waals surface area contributed by atoms with E-state index in [1.54, 1.807) is 13.8 Å². The maximum absolute atomic E-state index is 12.2. The van der Waals surface area contributed by atoms with E-state index in [4.69, 9.17) is 0 Å². The van der Waals surface area contributed by atoms with E-state index in [2.05, 4.69) is 15.5 Å². The van der Waals surface area contributed by atoms with Gasteiger partial charge in [-0.1, -0.05) is 0 Å². The quantitative estimate of drug-likeness (QED) is 0.804. The zero-order valence-corrected chi connectivity index (χ0v) is 8.75. The monoisotopic (exact) mass is 236 g/mol. The molecule has 1 heterocycles. The molecular formula is C8H11F3N4O. The van der Waals surface area contributed by atoms with Gasteiger partial charge in [0.1, 0.15) is 6.54 Å². The molecule has 0 unspecified atom stereocenters. The molecule has 90 valence electrons. The van der Waals surface area contributed by atoms with E-state index < -0.39 is 12.7 Å². The van der Waals surface area contributed by atoms with Crippen LogP contribution >= 0.6 is 0 Å². The number of aldehydes is 1. The van der Waals surface area contributed by atoms with Crippen LogP contribution < -0.4 is 5.32 Å². The normalized spacial score (nSPS) is 11.9. The van der Waals surface area contributed by atoms with Crippen LogP contribution in [0.4, 0.5) is 19.1 Å². The van der Waals surface area contributed by atoms with E-state index in [9.17, 15) is 18.0 Å². The van der Waals surface area contributed by atoms with Gasteiger partial charge in [0.15, 0.2) is 12.1 Å². The average molecular weight is 236 g/mol. The zero-order valence-electron chi connectivity index (χ0n) is 8.75. The van der Waals surface area contributed by atoms with E-state index in [1.165, 1.54) is 0 Å². The molecular weight excluding hydrogens is 225 g/mol. The maximum Gasteiger partial charge on any atom is 0.406 e. The van der Waals surface area contributed by atoms with Crippen molar-refractivity contribution in [2.75, 3.05) is 5.32 Å². The Balaban J connectivity index is 3.01. The number of carbonyl (C=O) groups excluding carboxylic acids is 1. The Kier molecular flexibility index (Phi) is 3.51. The lowest BCUT2D eigenvalue weighted by Crippen LogP contribution is -2.23. The van der Waals surface area contributed by atoms with Crippen molar-refractivity contribution in [2.45, 2.75) is 32.6 Å². The fourth-order valence-corrected chi connectivity index (χ4v) is 1.10. The number of aromatic nitrogens is 3. The Morgan fingerprint density at radius 2 is 2.06 bits per heavy atom. The second-order valence-corrected chi connectivity index (χ2v) is 3.50. The van der Waals surface area contributed by atoms with Gasteiger partial charge in [-0.25, -0.2) is 0 Å². The lowest BCUT2D eigenvalue weighted by atomic mass is 10.4. The molecule has 0 aromatic carbocycles. The van der Waals surface area contributed by atoms with Gasteiger partial charge in [0.05, 0.1) is 0 Å². The van der Waals surface area contributed by atoms with Crippen molar-refractivity contribution < 1.29 is 18.0 Å². The number of anilines is 1. The molecule has 0 aliphatic rings. The van der Waals surface area contributed by atoms with Gasteiger partial charge < -0.3 is 5.32 Å².